The zero-order valence-electron chi connectivity index (χ0n) is 15.5. The fourth-order valence-electron chi connectivity index (χ4n) is 2.68. The summed E-state index contributed by atoms with van der Waals surface area (Å²) in [5.41, 5.74) is 1.71. The number of carbonyl (C=O) groups excluding carboxylic acids is 2. The predicted octanol–water partition coefficient (Wildman–Crippen LogP) is 3.73. The Morgan fingerprint density at radius 2 is 2.04 bits per heavy atom. The summed E-state index contributed by atoms with van der Waals surface area (Å²) >= 11 is 6.16. The molecule has 1 heterocycles. The van der Waals surface area contributed by atoms with Gasteiger partial charge < -0.3 is 24.8 Å². The first-order valence-corrected chi connectivity index (χ1v) is 8.81. The van der Waals surface area contributed by atoms with Crippen LogP contribution in [0.1, 0.15) is 12.5 Å². The third-order valence-corrected chi connectivity index (χ3v) is 4.34. The number of anilines is 2. The maximum Gasteiger partial charge on any atom is 0.265 e. The summed E-state index contributed by atoms with van der Waals surface area (Å²) in [5, 5.41) is 5.85. The molecule has 2 aromatic carbocycles. The summed E-state index contributed by atoms with van der Waals surface area (Å²) in [6, 6.07) is 8.40. The lowest BCUT2D eigenvalue weighted by atomic mass is 10.1. The van der Waals surface area contributed by atoms with Crippen molar-refractivity contribution in [2.45, 2.75) is 13.0 Å². The van der Waals surface area contributed by atoms with Crippen molar-refractivity contribution in [2.75, 3.05) is 24.9 Å². The fraction of sp³-hybridized carbons (Fsp3) is 0.200. The third kappa shape index (κ3) is 4.20. The van der Waals surface area contributed by atoms with E-state index in [0.717, 1.165) is 0 Å². The van der Waals surface area contributed by atoms with E-state index in [1.807, 2.05) is 0 Å². The molecule has 0 aliphatic carbocycles. The summed E-state index contributed by atoms with van der Waals surface area (Å²) in [6.07, 6.45) is 2.42. The van der Waals surface area contributed by atoms with Crippen LogP contribution >= 0.6 is 11.6 Å². The smallest absolute Gasteiger partial charge is 0.265 e. The van der Waals surface area contributed by atoms with E-state index in [1.165, 1.54) is 20.3 Å². The molecule has 0 bridgehead atoms. The molecular weight excluding hydrogens is 384 g/mol. The van der Waals surface area contributed by atoms with Gasteiger partial charge in [-0.3, -0.25) is 9.59 Å². The molecule has 8 heteroatoms. The number of benzene rings is 2. The van der Waals surface area contributed by atoms with E-state index in [0.29, 0.717) is 39.2 Å². The number of rotatable bonds is 5. The molecule has 1 aliphatic rings. The number of hydrogen-bond donors (Lipinski definition) is 2. The minimum Gasteiger partial charge on any atom is -0.493 e. The highest BCUT2D eigenvalue weighted by Gasteiger charge is 2.23. The Kier molecular flexibility index (Phi) is 5.75. The van der Waals surface area contributed by atoms with Crippen LogP contribution in [0.2, 0.25) is 5.02 Å². The molecule has 1 atom stereocenters. The van der Waals surface area contributed by atoms with E-state index in [1.54, 1.807) is 43.3 Å². The molecule has 0 unspecified atom stereocenters. The van der Waals surface area contributed by atoms with Crippen molar-refractivity contribution < 1.29 is 23.8 Å². The van der Waals surface area contributed by atoms with Crippen LogP contribution in [0.5, 0.6) is 17.2 Å². The van der Waals surface area contributed by atoms with Crippen LogP contribution < -0.4 is 24.8 Å². The molecule has 0 saturated carbocycles. The zero-order valence-corrected chi connectivity index (χ0v) is 16.3. The Hall–Kier alpha value is -3.19. The van der Waals surface area contributed by atoms with Crippen LogP contribution in [-0.2, 0) is 9.59 Å². The quantitative estimate of drug-likeness (QED) is 0.744. The van der Waals surface area contributed by atoms with E-state index < -0.39 is 6.10 Å². The Labute approximate surface area is 167 Å². The summed E-state index contributed by atoms with van der Waals surface area (Å²) in [6.45, 7) is 1.67. The fourth-order valence-corrected chi connectivity index (χ4v) is 2.97. The van der Waals surface area contributed by atoms with Gasteiger partial charge in [0.1, 0.15) is 5.75 Å². The van der Waals surface area contributed by atoms with Crippen molar-refractivity contribution in [2.24, 2.45) is 0 Å². The number of carbonyl (C=O) groups is 2. The number of fused-ring (bicyclic) bond motifs is 1. The summed E-state index contributed by atoms with van der Waals surface area (Å²) in [5.74, 6) is 0.872. The molecule has 28 heavy (non-hydrogen) atoms. The van der Waals surface area contributed by atoms with E-state index in [-0.39, 0.29) is 11.8 Å². The minimum atomic E-state index is -0.552. The second-order valence-corrected chi connectivity index (χ2v) is 6.43. The van der Waals surface area contributed by atoms with Gasteiger partial charge in [-0.15, -0.1) is 0 Å². The van der Waals surface area contributed by atoms with Gasteiger partial charge in [0.2, 0.25) is 5.91 Å². The minimum absolute atomic E-state index is 0.235. The van der Waals surface area contributed by atoms with Gasteiger partial charge in [0, 0.05) is 11.8 Å². The third-order valence-electron chi connectivity index (χ3n) is 4.06. The summed E-state index contributed by atoms with van der Waals surface area (Å²) in [7, 11) is 3.01. The van der Waals surface area contributed by atoms with Gasteiger partial charge >= 0.3 is 0 Å². The van der Waals surface area contributed by atoms with Crippen LogP contribution in [0.4, 0.5) is 11.4 Å². The molecule has 2 N–H and O–H groups in total. The van der Waals surface area contributed by atoms with Crippen molar-refractivity contribution in [3.8, 4) is 17.2 Å². The molecule has 0 radical (unpaired) electrons. The molecule has 7 nitrogen and oxygen atoms in total. The highest BCUT2D eigenvalue weighted by molar-refractivity contribution is 6.32. The average molecular weight is 403 g/mol. The summed E-state index contributed by atoms with van der Waals surface area (Å²) in [4.78, 5) is 23.9. The predicted molar refractivity (Wildman–Crippen MR) is 107 cm³/mol. The molecule has 0 spiro atoms. The number of amides is 2. The molecule has 0 fully saturated rings. The first kappa shape index (κ1) is 19.6. The SMILES string of the molecule is COc1cc(/C=C/C(=O)Nc2ccc3c(c2)NC(=O)[C@H](C)O3)cc(Cl)c1OC. The van der Waals surface area contributed by atoms with Gasteiger partial charge in [-0.25, -0.2) is 0 Å². The van der Waals surface area contributed by atoms with Crippen molar-refractivity contribution in [3.05, 3.63) is 47.0 Å². The van der Waals surface area contributed by atoms with Gasteiger partial charge in [0.15, 0.2) is 17.6 Å². The molecule has 0 aromatic heterocycles. The lowest BCUT2D eigenvalue weighted by Crippen LogP contribution is -2.34. The zero-order chi connectivity index (χ0) is 20.3. The van der Waals surface area contributed by atoms with Crippen LogP contribution in [-0.4, -0.2) is 32.1 Å². The Balaban J connectivity index is 1.72. The van der Waals surface area contributed by atoms with Gasteiger partial charge in [-0.1, -0.05) is 11.6 Å². The molecular formula is C20H19ClN2O5. The van der Waals surface area contributed by atoms with Crippen molar-refractivity contribution in [1.29, 1.82) is 0 Å². The molecule has 0 saturated heterocycles. The normalized spacial score (nSPS) is 15.4. The van der Waals surface area contributed by atoms with E-state index >= 15 is 0 Å². The van der Waals surface area contributed by atoms with E-state index in [4.69, 9.17) is 25.8 Å². The van der Waals surface area contributed by atoms with Gasteiger partial charge in [-0.05, 0) is 48.9 Å². The lowest BCUT2D eigenvalue weighted by Gasteiger charge is -2.23. The largest absolute Gasteiger partial charge is 0.493 e. The van der Waals surface area contributed by atoms with E-state index in [9.17, 15) is 9.59 Å². The van der Waals surface area contributed by atoms with Gasteiger partial charge in [0.05, 0.1) is 24.9 Å². The maximum absolute atomic E-state index is 12.2. The number of nitrogens with one attached hydrogen (secondary N) is 2. The molecule has 3 rings (SSSR count). The van der Waals surface area contributed by atoms with E-state index in [2.05, 4.69) is 10.6 Å². The molecule has 146 valence electrons. The number of halogens is 1. The average Bonchev–Trinajstić information content (AvgIpc) is 2.67. The second-order valence-electron chi connectivity index (χ2n) is 6.02. The molecule has 2 aromatic rings. The van der Waals surface area contributed by atoms with Crippen LogP contribution in [0.15, 0.2) is 36.4 Å². The van der Waals surface area contributed by atoms with Gasteiger partial charge in [0.25, 0.3) is 5.91 Å². The van der Waals surface area contributed by atoms with Crippen LogP contribution in [0, 0.1) is 0 Å². The topological polar surface area (TPSA) is 85.9 Å². The molecule has 2 amide bonds. The number of ether oxygens (including phenoxy) is 3. The highest BCUT2D eigenvalue weighted by atomic mass is 35.5. The van der Waals surface area contributed by atoms with Crippen LogP contribution in [0.3, 0.4) is 0 Å². The van der Waals surface area contributed by atoms with Crippen molar-refractivity contribution in [1.82, 2.24) is 0 Å². The highest BCUT2D eigenvalue weighted by Crippen LogP contribution is 2.36. The van der Waals surface area contributed by atoms with Crippen molar-refractivity contribution >= 4 is 40.9 Å². The maximum atomic E-state index is 12.2. The van der Waals surface area contributed by atoms with Crippen molar-refractivity contribution in [3.63, 3.8) is 0 Å². The Morgan fingerprint density at radius 1 is 1.25 bits per heavy atom. The van der Waals surface area contributed by atoms with Gasteiger partial charge in [-0.2, -0.15) is 0 Å². The number of methoxy groups -OCH3 is 2. The van der Waals surface area contributed by atoms with Crippen LogP contribution in [0.25, 0.3) is 6.08 Å². The number of hydrogen-bond acceptors (Lipinski definition) is 5. The summed E-state index contributed by atoms with van der Waals surface area (Å²) < 4.78 is 15.9. The second kappa shape index (κ2) is 8.22. The first-order chi connectivity index (χ1) is 13.4. The monoisotopic (exact) mass is 402 g/mol. The molecule has 1 aliphatic heterocycles. The first-order valence-electron chi connectivity index (χ1n) is 8.43. The Morgan fingerprint density at radius 3 is 2.75 bits per heavy atom. The lowest BCUT2D eigenvalue weighted by molar-refractivity contribution is -0.122. The standard InChI is InChI=1S/C20H19ClN2O5/c1-11-20(25)23-15-10-13(5-6-16(15)28-11)22-18(24)7-4-12-8-14(21)19(27-3)17(9-12)26-2/h4-11H,1-3H3,(H,22,24)(H,23,25)/b7-4+/t11-/m0/s1. The Bertz CT molecular complexity index is 958.